The minimum Gasteiger partial charge on any atom is -0.164 e. The number of thioether (sulfide) groups is 1. The second kappa shape index (κ2) is 4.83. The number of benzene rings is 1. The van der Waals surface area contributed by atoms with Gasteiger partial charge in [-0.15, -0.1) is 0 Å². The molecular formula is C9H11BrS. The summed E-state index contributed by atoms with van der Waals surface area (Å²) in [6, 6.07) is 10.5. The maximum Gasteiger partial charge on any atom is 0.0485 e. The molecule has 0 aromatic heterocycles. The van der Waals surface area contributed by atoms with E-state index in [1.165, 1.54) is 5.56 Å². The predicted molar refractivity (Wildman–Crippen MR) is 56.5 cm³/mol. The van der Waals surface area contributed by atoms with Crippen LogP contribution in [0, 0.1) is 0 Å². The molecule has 0 nitrogen and oxygen atoms in total. The molecule has 0 bridgehead atoms. The minimum atomic E-state index is 0.499. The molecular weight excluding hydrogens is 220 g/mol. The summed E-state index contributed by atoms with van der Waals surface area (Å²) in [5.41, 5.74) is 1.36. The second-order valence-electron chi connectivity index (χ2n) is 2.33. The van der Waals surface area contributed by atoms with E-state index in [0.29, 0.717) is 4.83 Å². The molecule has 1 atom stereocenters. The largest absolute Gasteiger partial charge is 0.164 e. The fourth-order valence-corrected chi connectivity index (χ4v) is 2.49. The highest BCUT2D eigenvalue weighted by molar-refractivity contribution is 9.09. The molecule has 0 aliphatic carbocycles. The number of rotatable bonds is 3. The maximum atomic E-state index is 3.63. The first-order valence-electron chi connectivity index (χ1n) is 3.52. The first kappa shape index (κ1) is 9.14. The summed E-state index contributed by atoms with van der Waals surface area (Å²) in [7, 11) is 0. The monoisotopic (exact) mass is 230 g/mol. The molecule has 0 radical (unpaired) electrons. The van der Waals surface area contributed by atoms with Crippen LogP contribution >= 0.6 is 27.7 Å². The Morgan fingerprint density at radius 1 is 1.36 bits per heavy atom. The lowest BCUT2D eigenvalue weighted by molar-refractivity contribution is 1.14. The lowest BCUT2D eigenvalue weighted by Gasteiger charge is -2.06. The Labute approximate surface area is 80.5 Å². The molecule has 1 rings (SSSR count). The fraction of sp³-hybridized carbons (Fsp3) is 0.333. The van der Waals surface area contributed by atoms with Crippen molar-refractivity contribution < 1.29 is 0 Å². The van der Waals surface area contributed by atoms with Gasteiger partial charge in [-0.3, -0.25) is 0 Å². The van der Waals surface area contributed by atoms with Gasteiger partial charge in [-0.2, -0.15) is 11.8 Å². The summed E-state index contributed by atoms with van der Waals surface area (Å²) in [5, 5.41) is 0. The van der Waals surface area contributed by atoms with Crippen LogP contribution in [0.25, 0.3) is 0 Å². The van der Waals surface area contributed by atoms with Crippen molar-refractivity contribution in [3.05, 3.63) is 35.9 Å². The van der Waals surface area contributed by atoms with Gasteiger partial charge >= 0.3 is 0 Å². The lowest BCUT2D eigenvalue weighted by atomic mass is 10.2. The second-order valence-corrected chi connectivity index (χ2v) is 4.35. The van der Waals surface area contributed by atoms with Gasteiger partial charge in [-0.1, -0.05) is 46.3 Å². The Bertz CT molecular complexity index is 198. The summed E-state index contributed by atoms with van der Waals surface area (Å²) in [4.78, 5) is 0.499. The van der Waals surface area contributed by atoms with Crippen molar-refractivity contribution in [2.24, 2.45) is 0 Å². The topological polar surface area (TPSA) is 0 Å². The Morgan fingerprint density at radius 2 is 2.00 bits per heavy atom. The van der Waals surface area contributed by atoms with Crippen LogP contribution in [0.4, 0.5) is 0 Å². The first-order chi connectivity index (χ1) is 5.34. The van der Waals surface area contributed by atoms with Gasteiger partial charge in [0.05, 0.1) is 0 Å². The zero-order chi connectivity index (χ0) is 8.10. The molecule has 60 valence electrons. The van der Waals surface area contributed by atoms with E-state index in [9.17, 15) is 0 Å². The zero-order valence-corrected chi connectivity index (χ0v) is 8.86. The van der Waals surface area contributed by atoms with E-state index < -0.39 is 0 Å². The Balaban J connectivity index is 2.61. The number of alkyl halides is 1. The molecule has 0 saturated heterocycles. The molecule has 0 fully saturated rings. The third-order valence-corrected chi connectivity index (χ3v) is 3.42. The SMILES string of the molecule is CSCC(Br)c1ccccc1. The molecule has 0 saturated carbocycles. The quantitative estimate of drug-likeness (QED) is 0.717. The van der Waals surface area contributed by atoms with Gasteiger partial charge in [0.1, 0.15) is 0 Å². The van der Waals surface area contributed by atoms with Gasteiger partial charge in [-0.25, -0.2) is 0 Å². The normalized spacial score (nSPS) is 12.9. The first-order valence-corrected chi connectivity index (χ1v) is 5.83. The molecule has 1 unspecified atom stereocenters. The summed E-state index contributed by atoms with van der Waals surface area (Å²) < 4.78 is 0. The van der Waals surface area contributed by atoms with Crippen LogP contribution in [0.2, 0.25) is 0 Å². The molecule has 2 heteroatoms. The van der Waals surface area contributed by atoms with Crippen molar-refractivity contribution >= 4 is 27.7 Å². The Morgan fingerprint density at radius 3 is 2.55 bits per heavy atom. The van der Waals surface area contributed by atoms with Crippen molar-refractivity contribution in [2.45, 2.75) is 4.83 Å². The van der Waals surface area contributed by atoms with E-state index in [1.54, 1.807) is 0 Å². The summed E-state index contributed by atoms with van der Waals surface area (Å²) in [6.45, 7) is 0. The highest BCUT2D eigenvalue weighted by atomic mass is 79.9. The van der Waals surface area contributed by atoms with Crippen LogP contribution in [-0.2, 0) is 0 Å². The minimum absolute atomic E-state index is 0.499. The Hall–Kier alpha value is 0.0500. The smallest absolute Gasteiger partial charge is 0.0485 e. The van der Waals surface area contributed by atoms with Crippen molar-refractivity contribution in [1.29, 1.82) is 0 Å². The average Bonchev–Trinajstić information content (AvgIpc) is 2.07. The molecule has 0 aliphatic heterocycles. The van der Waals surface area contributed by atoms with Crippen LogP contribution in [0.3, 0.4) is 0 Å². The fourth-order valence-electron chi connectivity index (χ4n) is 0.904. The van der Waals surface area contributed by atoms with Crippen LogP contribution < -0.4 is 0 Å². The van der Waals surface area contributed by atoms with E-state index in [4.69, 9.17) is 0 Å². The zero-order valence-electron chi connectivity index (χ0n) is 6.46. The number of hydrogen-bond acceptors (Lipinski definition) is 1. The van der Waals surface area contributed by atoms with E-state index in [2.05, 4.69) is 46.5 Å². The number of hydrogen-bond donors (Lipinski definition) is 0. The van der Waals surface area contributed by atoms with Gasteiger partial charge in [0.15, 0.2) is 0 Å². The van der Waals surface area contributed by atoms with Gasteiger partial charge in [0.2, 0.25) is 0 Å². The van der Waals surface area contributed by atoms with E-state index in [0.717, 1.165) is 5.75 Å². The Kier molecular flexibility index (Phi) is 4.02. The van der Waals surface area contributed by atoms with Crippen LogP contribution in [0.15, 0.2) is 30.3 Å². The molecule has 11 heavy (non-hydrogen) atoms. The number of halogens is 1. The van der Waals surface area contributed by atoms with Crippen molar-refractivity contribution in [2.75, 3.05) is 12.0 Å². The van der Waals surface area contributed by atoms with Gasteiger partial charge in [-0.05, 0) is 11.8 Å². The highest BCUT2D eigenvalue weighted by Crippen LogP contribution is 2.25. The van der Waals surface area contributed by atoms with E-state index >= 15 is 0 Å². The maximum absolute atomic E-state index is 3.63. The van der Waals surface area contributed by atoms with E-state index in [1.807, 2.05) is 17.8 Å². The lowest BCUT2D eigenvalue weighted by Crippen LogP contribution is -1.91. The third-order valence-electron chi connectivity index (χ3n) is 1.47. The summed E-state index contributed by atoms with van der Waals surface area (Å²) in [5.74, 6) is 1.13. The highest BCUT2D eigenvalue weighted by Gasteiger charge is 2.03. The molecule has 1 aromatic carbocycles. The summed E-state index contributed by atoms with van der Waals surface area (Å²) >= 11 is 5.48. The standard InChI is InChI=1S/C9H11BrS/c1-11-7-9(10)8-5-3-2-4-6-8/h2-6,9H,7H2,1H3. The molecule has 0 amide bonds. The summed E-state index contributed by atoms with van der Waals surface area (Å²) in [6.07, 6.45) is 2.12. The van der Waals surface area contributed by atoms with Crippen molar-refractivity contribution in [1.82, 2.24) is 0 Å². The van der Waals surface area contributed by atoms with Crippen LogP contribution in [0.1, 0.15) is 10.4 Å². The van der Waals surface area contributed by atoms with Crippen molar-refractivity contribution in [3.63, 3.8) is 0 Å². The molecule has 0 N–H and O–H groups in total. The van der Waals surface area contributed by atoms with Gasteiger partial charge in [0.25, 0.3) is 0 Å². The third kappa shape index (κ3) is 2.88. The molecule has 1 aromatic rings. The van der Waals surface area contributed by atoms with Gasteiger partial charge in [0, 0.05) is 10.6 Å². The van der Waals surface area contributed by atoms with Crippen LogP contribution in [-0.4, -0.2) is 12.0 Å². The molecule has 0 heterocycles. The molecule has 0 spiro atoms. The van der Waals surface area contributed by atoms with E-state index in [-0.39, 0.29) is 0 Å². The molecule has 0 aliphatic rings. The van der Waals surface area contributed by atoms with Crippen LogP contribution in [0.5, 0.6) is 0 Å². The van der Waals surface area contributed by atoms with Gasteiger partial charge < -0.3 is 0 Å². The average molecular weight is 231 g/mol. The van der Waals surface area contributed by atoms with Crippen molar-refractivity contribution in [3.8, 4) is 0 Å². The predicted octanol–water partition coefficient (Wildman–Crippen LogP) is 3.49.